The van der Waals surface area contributed by atoms with Crippen LogP contribution in [0.4, 0.5) is 0 Å². The van der Waals surface area contributed by atoms with Crippen LogP contribution in [0.2, 0.25) is 0 Å². The largest absolute Gasteiger partial charge is 0.458 e. The molecule has 0 amide bonds. The molecule has 2 N–H and O–H groups in total. The van der Waals surface area contributed by atoms with Gasteiger partial charge in [-0.25, -0.2) is 0 Å². The maximum atomic E-state index is 13.1. The first-order valence-corrected chi connectivity index (χ1v) is 11.0. The predicted octanol–water partition coefficient (Wildman–Crippen LogP) is 2.37. The summed E-state index contributed by atoms with van der Waals surface area (Å²) in [7, 11) is 0. The first-order valence-electron chi connectivity index (χ1n) is 11.0. The molecule has 0 aliphatic heterocycles. The number of ether oxygens (including phenoxy) is 1. The van der Waals surface area contributed by atoms with Crippen LogP contribution < -0.4 is 0 Å². The molecule has 6 nitrogen and oxygen atoms in total. The van der Waals surface area contributed by atoms with Crippen LogP contribution >= 0.6 is 0 Å². The molecule has 6 heteroatoms. The Balaban J connectivity index is 1.70. The van der Waals surface area contributed by atoms with Gasteiger partial charge in [0.15, 0.2) is 12.4 Å². The van der Waals surface area contributed by atoms with Crippen LogP contribution in [0.25, 0.3) is 0 Å². The van der Waals surface area contributed by atoms with Crippen molar-refractivity contribution in [1.29, 1.82) is 0 Å². The van der Waals surface area contributed by atoms with Crippen molar-refractivity contribution in [2.75, 3.05) is 6.61 Å². The number of aliphatic hydroxyl groups is 2. The van der Waals surface area contributed by atoms with E-state index in [4.69, 9.17) is 4.74 Å². The number of hydrogen-bond acceptors (Lipinski definition) is 6. The molecule has 0 aromatic rings. The van der Waals surface area contributed by atoms with Crippen LogP contribution in [-0.2, 0) is 19.1 Å². The first kappa shape index (κ1) is 21.4. The van der Waals surface area contributed by atoms with Gasteiger partial charge in [-0.1, -0.05) is 32.4 Å². The lowest BCUT2D eigenvalue weighted by atomic mass is 9.46. The Morgan fingerprint density at radius 1 is 1.30 bits per heavy atom. The van der Waals surface area contributed by atoms with Gasteiger partial charge in [-0.2, -0.15) is 0 Å². The number of fused-ring (bicyclic) bond motifs is 5. The second-order valence-electron chi connectivity index (χ2n) is 10.3. The van der Waals surface area contributed by atoms with Gasteiger partial charge in [0.25, 0.3) is 0 Å². The summed E-state index contributed by atoms with van der Waals surface area (Å²) in [5.41, 5.74) is -1.75. The molecular formula is C24H32O6. The fourth-order valence-electron chi connectivity index (χ4n) is 7.53. The molecular weight excluding hydrogens is 384 g/mol. The van der Waals surface area contributed by atoms with Gasteiger partial charge in [0, 0.05) is 23.7 Å². The maximum absolute atomic E-state index is 13.1. The first-order chi connectivity index (χ1) is 13.9. The second kappa shape index (κ2) is 6.86. The van der Waals surface area contributed by atoms with Gasteiger partial charge >= 0.3 is 5.97 Å². The zero-order chi connectivity index (χ0) is 22.1. The van der Waals surface area contributed by atoms with E-state index in [1.807, 2.05) is 19.9 Å². The Morgan fingerprint density at radius 2 is 2.00 bits per heavy atom. The highest BCUT2D eigenvalue weighted by molar-refractivity contribution is 6.01. The molecule has 4 aliphatic rings. The topological polar surface area (TPSA) is 101 Å². The average molecular weight is 417 g/mol. The summed E-state index contributed by atoms with van der Waals surface area (Å²) in [5, 5.41) is 23.1. The Kier molecular flexibility index (Phi) is 4.90. The number of esters is 1. The Bertz CT molecular complexity index is 858. The van der Waals surface area contributed by atoms with Gasteiger partial charge in [-0.15, -0.1) is 0 Å². The molecule has 4 rings (SSSR count). The van der Waals surface area contributed by atoms with Crippen molar-refractivity contribution in [3.63, 3.8) is 0 Å². The van der Waals surface area contributed by atoms with Crippen LogP contribution in [0.5, 0.6) is 0 Å². The van der Waals surface area contributed by atoms with Gasteiger partial charge in [-0.05, 0) is 55.6 Å². The summed E-state index contributed by atoms with van der Waals surface area (Å²) in [5.74, 6) is -1.19. The highest BCUT2D eigenvalue weighted by Crippen LogP contribution is 2.68. The van der Waals surface area contributed by atoms with E-state index in [9.17, 15) is 24.6 Å². The number of carbonyl (C=O) groups excluding carboxylic acids is 3. The predicted molar refractivity (Wildman–Crippen MR) is 109 cm³/mol. The minimum atomic E-state index is -1.64. The smallest absolute Gasteiger partial charge is 0.303 e. The highest BCUT2D eigenvalue weighted by Gasteiger charge is 2.70. The summed E-state index contributed by atoms with van der Waals surface area (Å²) in [6.45, 7) is 6.69. The molecule has 164 valence electrons. The third kappa shape index (κ3) is 2.72. The molecule has 0 radical (unpaired) electrons. The van der Waals surface area contributed by atoms with Crippen molar-refractivity contribution in [2.45, 2.75) is 65.1 Å². The van der Waals surface area contributed by atoms with E-state index in [1.165, 1.54) is 6.92 Å². The summed E-state index contributed by atoms with van der Waals surface area (Å²) in [6.07, 6.45) is 7.15. The molecule has 0 bridgehead atoms. The second-order valence-corrected chi connectivity index (χ2v) is 10.3. The van der Waals surface area contributed by atoms with Crippen molar-refractivity contribution < 1.29 is 29.3 Å². The molecule has 0 aromatic carbocycles. The van der Waals surface area contributed by atoms with Crippen molar-refractivity contribution in [3.8, 4) is 0 Å². The van der Waals surface area contributed by atoms with Crippen LogP contribution in [-0.4, -0.2) is 46.1 Å². The zero-order valence-corrected chi connectivity index (χ0v) is 18.2. The summed E-state index contributed by atoms with van der Waals surface area (Å²) >= 11 is 0. The van der Waals surface area contributed by atoms with Gasteiger partial charge < -0.3 is 14.9 Å². The third-order valence-corrected chi connectivity index (χ3v) is 8.91. The van der Waals surface area contributed by atoms with Crippen LogP contribution in [0, 0.1) is 34.5 Å². The number of allylic oxidation sites excluding steroid dienone is 4. The van der Waals surface area contributed by atoms with E-state index in [-0.39, 0.29) is 34.9 Å². The third-order valence-electron chi connectivity index (χ3n) is 8.91. The molecule has 0 heterocycles. The number of rotatable bonds is 3. The average Bonchev–Trinajstić information content (AvgIpc) is 2.87. The molecule has 30 heavy (non-hydrogen) atoms. The van der Waals surface area contributed by atoms with Crippen molar-refractivity contribution in [3.05, 3.63) is 23.8 Å². The SMILES string of the molecule is CC(=O)OCC(=O)[C@@]1(O)[C@H](C)C[C@@H]2[C@@H]3CCC4=CC(=O)C=C[C@]4(C)[C@H]3[C@H](O)C[C@]21C. The van der Waals surface area contributed by atoms with E-state index in [0.717, 1.165) is 18.4 Å². The van der Waals surface area contributed by atoms with Crippen molar-refractivity contribution >= 4 is 17.5 Å². The zero-order valence-electron chi connectivity index (χ0n) is 18.2. The fraction of sp³-hybridized carbons (Fsp3) is 0.708. The Labute approximate surface area is 177 Å². The molecule has 0 spiro atoms. The lowest BCUT2D eigenvalue weighted by Gasteiger charge is -2.59. The van der Waals surface area contributed by atoms with E-state index in [1.54, 1.807) is 12.2 Å². The molecule has 4 aliphatic carbocycles. The monoisotopic (exact) mass is 416 g/mol. The Hall–Kier alpha value is -1.79. The molecule has 0 unspecified atom stereocenters. The summed E-state index contributed by atoms with van der Waals surface area (Å²) in [6, 6.07) is 0. The van der Waals surface area contributed by atoms with Gasteiger partial charge in [0.2, 0.25) is 5.78 Å². The van der Waals surface area contributed by atoms with Crippen molar-refractivity contribution in [1.82, 2.24) is 0 Å². The standard InChI is InChI=1S/C24H32O6/c1-13-9-18-17-6-5-15-10-16(26)7-8-22(15,3)21(17)19(27)11-23(18,4)24(13,29)20(28)12-30-14(2)25/h7-8,10,13,17-19,21,27,29H,5-6,9,11-12H2,1-4H3/t13-,17+,18-,19-,21-,22+,23-,24+/m1/s1. The minimum absolute atomic E-state index is 0.00371. The van der Waals surface area contributed by atoms with Crippen LogP contribution in [0.3, 0.4) is 0 Å². The fourth-order valence-corrected chi connectivity index (χ4v) is 7.53. The normalized spacial score (nSPS) is 47.1. The molecule has 8 atom stereocenters. The van der Waals surface area contributed by atoms with Gasteiger partial charge in [0.1, 0.15) is 5.60 Å². The molecule has 0 aromatic heterocycles. The van der Waals surface area contributed by atoms with Crippen molar-refractivity contribution in [2.24, 2.45) is 34.5 Å². The van der Waals surface area contributed by atoms with E-state index >= 15 is 0 Å². The highest BCUT2D eigenvalue weighted by atomic mass is 16.5. The number of hydrogen-bond donors (Lipinski definition) is 2. The van der Waals surface area contributed by atoms with E-state index in [2.05, 4.69) is 6.92 Å². The summed E-state index contributed by atoms with van der Waals surface area (Å²) in [4.78, 5) is 36.2. The van der Waals surface area contributed by atoms with Gasteiger partial charge in [-0.3, -0.25) is 14.4 Å². The number of carbonyl (C=O) groups is 3. The molecule has 0 saturated heterocycles. The molecule has 3 fully saturated rings. The maximum Gasteiger partial charge on any atom is 0.303 e. The van der Waals surface area contributed by atoms with Crippen LogP contribution in [0.1, 0.15) is 53.4 Å². The lowest BCUT2D eigenvalue weighted by molar-refractivity contribution is -0.185. The Morgan fingerprint density at radius 3 is 2.67 bits per heavy atom. The molecule has 3 saturated carbocycles. The lowest BCUT2D eigenvalue weighted by Crippen LogP contribution is -2.62. The number of aliphatic hydroxyl groups excluding tert-OH is 1. The number of Topliss-reactive ketones (excluding diaryl/α,β-unsaturated/α-hetero) is 1. The van der Waals surface area contributed by atoms with Crippen LogP contribution in [0.15, 0.2) is 23.8 Å². The number of ketones is 2. The minimum Gasteiger partial charge on any atom is -0.458 e. The van der Waals surface area contributed by atoms with Gasteiger partial charge in [0.05, 0.1) is 6.10 Å². The van der Waals surface area contributed by atoms with E-state index in [0.29, 0.717) is 12.8 Å². The van der Waals surface area contributed by atoms with E-state index < -0.39 is 35.5 Å². The quantitative estimate of drug-likeness (QED) is 0.685. The summed E-state index contributed by atoms with van der Waals surface area (Å²) < 4.78 is 4.93.